The quantitative estimate of drug-likeness (QED) is 0.574. The summed E-state index contributed by atoms with van der Waals surface area (Å²) in [6, 6.07) is 18.0. The number of unbranched alkanes of at least 4 members (excludes halogenated alkanes) is 3. The zero-order chi connectivity index (χ0) is 17.5. The van der Waals surface area contributed by atoms with E-state index in [2.05, 4.69) is 36.2 Å². The van der Waals surface area contributed by atoms with Gasteiger partial charge in [-0.15, -0.1) is 0 Å². The number of H-pyrrole nitrogens is 1. The van der Waals surface area contributed by atoms with Crippen molar-refractivity contribution in [1.82, 2.24) is 9.97 Å². The highest BCUT2D eigenvalue weighted by molar-refractivity contribution is 5.77. The number of nitrogens with one attached hydrogen (secondary N) is 1. The summed E-state index contributed by atoms with van der Waals surface area (Å²) in [6.45, 7) is 2.23. The monoisotopic (exact) mass is 334 g/mol. The smallest absolute Gasteiger partial charge is 0.258 e. The van der Waals surface area contributed by atoms with E-state index in [0.717, 1.165) is 24.2 Å². The molecule has 2 aromatic carbocycles. The molecule has 25 heavy (non-hydrogen) atoms. The number of nitrogens with zero attached hydrogens (tertiary/aromatic N) is 1. The summed E-state index contributed by atoms with van der Waals surface area (Å²) in [7, 11) is 0. The number of aromatic amines is 1. The molecule has 0 amide bonds. The number of hydrogen-bond acceptors (Lipinski definition) is 2. The van der Waals surface area contributed by atoms with Gasteiger partial charge >= 0.3 is 0 Å². The van der Waals surface area contributed by atoms with Crippen molar-refractivity contribution in [2.75, 3.05) is 0 Å². The molecule has 3 aromatic rings. The fourth-order valence-corrected chi connectivity index (χ4v) is 3.35. The van der Waals surface area contributed by atoms with Gasteiger partial charge in [0.1, 0.15) is 5.82 Å². The van der Waals surface area contributed by atoms with E-state index in [0.29, 0.717) is 5.39 Å². The zero-order valence-corrected chi connectivity index (χ0v) is 14.9. The molecule has 0 radical (unpaired) electrons. The maximum Gasteiger partial charge on any atom is 0.258 e. The van der Waals surface area contributed by atoms with Crippen LogP contribution in [0.1, 0.15) is 56.3 Å². The Hall–Kier alpha value is -2.42. The number of benzene rings is 2. The van der Waals surface area contributed by atoms with Crippen LogP contribution in [0.5, 0.6) is 0 Å². The molecule has 1 unspecified atom stereocenters. The average Bonchev–Trinajstić information content (AvgIpc) is 2.65. The lowest BCUT2D eigenvalue weighted by molar-refractivity contribution is 0.531. The summed E-state index contributed by atoms with van der Waals surface area (Å²) in [4.78, 5) is 20.3. The van der Waals surface area contributed by atoms with Crippen LogP contribution >= 0.6 is 0 Å². The highest BCUT2D eigenvalue weighted by atomic mass is 16.1. The molecule has 0 aliphatic heterocycles. The van der Waals surface area contributed by atoms with E-state index < -0.39 is 0 Å². The van der Waals surface area contributed by atoms with Crippen molar-refractivity contribution in [3.05, 3.63) is 76.3 Å². The van der Waals surface area contributed by atoms with Crippen LogP contribution in [0.3, 0.4) is 0 Å². The van der Waals surface area contributed by atoms with Gasteiger partial charge in [0, 0.05) is 5.92 Å². The summed E-state index contributed by atoms with van der Waals surface area (Å²) in [5.74, 6) is 1.07. The first-order valence-corrected chi connectivity index (χ1v) is 9.31. The zero-order valence-electron chi connectivity index (χ0n) is 14.9. The molecule has 1 aromatic heterocycles. The summed E-state index contributed by atoms with van der Waals surface area (Å²) in [6.07, 6.45) is 6.86. The van der Waals surface area contributed by atoms with Crippen molar-refractivity contribution in [2.24, 2.45) is 0 Å². The minimum Gasteiger partial charge on any atom is -0.310 e. The predicted molar refractivity (Wildman–Crippen MR) is 104 cm³/mol. The van der Waals surface area contributed by atoms with E-state index in [1.807, 2.05) is 30.3 Å². The van der Waals surface area contributed by atoms with Gasteiger partial charge in [0.25, 0.3) is 5.56 Å². The van der Waals surface area contributed by atoms with Crippen LogP contribution in [0.15, 0.2) is 59.4 Å². The van der Waals surface area contributed by atoms with E-state index in [1.165, 1.54) is 31.2 Å². The predicted octanol–water partition coefficient (Wildman–Crippen LogP) is 5.22. The Balaban J connectivity index is 1.88. The third-order valence-corrected chi connectivity index (χ3v) is 4.75. The first-order chi connectivity index (χ1) is 12.3. The maximum absolute atomic E-state index is 12.4. The summed E-state index contributed by atoms with van der Waals surface area (Å²) >= 11 is 0. The number of fused-ring (bicyclic) bond motifs is 1. The second-order valence-electron chi connectivity index (χ2n) is 6.70. The van der Waals surface area contributed by atoms with Crippen LogP contribution in [0.2, 0.25) is 0 Å². The van der Waals surface area contributed by atoms with Crippen molar-refractivity contribution < 1.29 is 0 Å². The Kier molecular flexibility index (Phi) is 5.99. The number of aromatic nitrogens is 2. The van der Waals surface area contributed by atoms with Gasteiger partial charge in [-0.05, 0) is 30.5 Å². The molecular formula is C22H26N2O. The minimum absolute atomic E-state index is 0.0350. The van der Waals surface area contributed by atoms with Crippen LogP contribution in [-0.4, -0.2) is 9.97 Å². The van der Waals surface area contributed by atoms with Gasteiger partial charge in [-0.3, -0.25) is 4.79 Å². The fourth-order valence-electron chi connectivity index (χ4n) is 3.35. The van der Waals surface area contributed by atoms with E-state index >= 15 is 0 Å². The first-order valence-electron chi connectivity index (χ1n) is 9.31. The van der Waals surface area contributed by atoms with E-state index in [1.54, 1.807) is 0 Å². The molecular weight excluding hydrogens is 308 g/mol. The molecule has 3 nitrogen and oxygen atoms in total. The van der Waals surface area contributed by atoms with Crippen molar-refractivity contribution in [3.63, 3.8) is 0 Å². The van der Waals surface area contributed by atoms with Crippen molar-refractivity contribution in [2.45, 2.75) is 51.4 Å². The summed E-state index contributed by atoms with van der Waals surface area (Å²) < 4.78 is 0. The van der Waals surface area contributed by atoms with Crippen molar-refractivity contribution >= 4 is 10.9 Å². The molecule has 0 saturated carbocycles. The Morgan fingerprint density at radius 3 is 2.52 bits per heavy atom. The molecule has 1 heterocycles. The third-order valence-electron chi connectivity index (χ3n) is 4.75. The highest BCUT2D eigenvalue weighted by Crippen LogP contribution is 2.25. The second-order valence-corrected chi connectivity index (χ2v) is 6.70. The SMILES string of the molecule is CCCCCCC(Cc1ccccc1)c1nc2ccccc2c(=O)[nH]1. The van der Waals surface area contributed by atoms with Crippen LogP contribution in [0.4, 0.5) is 0 Å². The van der Waals surface area contributed by atoms with Crippen LogP contribution in [0.25, 0.3) is 10.9 Å². The number of para-hydroxylation sites is 1. The molecule has 0 aliphatic rings. The Morgan fingerprint density at radius 2 is 1.72 bits per heavy atom. The third kappa shape index (κ3) is 4.56. The molecule has 0 bridgehead atoms. The molecule has 0 spiro atoms. The molecule has 1 N–H and O–H groups in total. The maximum atomic E-state index is 12.4. The van der Waals surface area contributed by atoms with E-state index in [9.17, 15) is 4.79 Å². The number of hydrogen-bond donors (Lipinski definition) is 1. The van der Waals surface area contributed by atoms with E-state index in [4.69, 9.17) is 4.98 Å². The van der Waals surface area contributed by atoms with Gasteiger partial charge < -0.3 is 4.98 Å². The molecule has 130 valence electrons. The first kappa shape index (κ1) is 17.4. The van der Waals surface area contributed by atoms with Gasteiger partial charge in [-0.2, -0.15) is 0 Å². The fraction of sp³-hybridized carbons (Fsp3) is 0.364. The summed E-state index contributed by atoms with van der Waals surface area (Å²) in [5.41, 5.74) is 2.04. The van der Waals surface area contributed by atoms with Gasteiger partial charge in [0.2, 0.25) is 0 Å². The molecule has 3 heteroatoms. The van der Waals surface area contributed by atoms with Crippen LogP contribution < -0.4 is 5.56 Å². The Bertz CT molecular complexity index is 855. The summed E-state index contributed by atoms with van der Waals surface area (Å²) in [5, 5.41) is 0.663. The van der Waals surface area contributed by atoms with E-state index in [-0.39, 0.29) is 11.5 Å². The second kappa shape index (κ2) is 8.61. The van der Waals surface area contributed by atoms with Gasteiger partial charge in [0.15, 0.2) is 0 Å². The standard InChI is InChI=1S/C22H26N2O/c1-2-3-4-8-13-18(16-17-11-6-5-7-12-17)21-23-20-15-10-9-14-19(20)22(25)24-21/h5-7,9-12,14-15,18H,2-4,8,13,16H2,1H3,(H,23,24,25). The lowest BCUT2D eigenvalue weighted by Crippen LogP contribution is -2.16. The minimum atomic E-state index is -0.0350. The largest absolute Gasteiger partial charge is 0.310 e. The van der Waals surface area contributed by atoms with Crippen molar-refractivity contribution in [3.8, 4) is 0 Å². The molecule has 3 rings (SSSR count). The average molecular weight is 334 g/mol. The molecule has 0 aliphatic carbocycles. The Morgan fingerprint density at radius 1 is 0.960 bits per heavy atom. The molecule has 0 saturated heterocycles. The molecule has 1 atom stereocenters. The van der Waals surface area contributed by atoms with Gasteiger partial charge in [-0.25, -0.2) is 4.98 Å². The lowest BCUT2D eigenvalue weighted by Gasteiger charge is -2.17. The molecule has 0 fully saturated rings. The normalized spacial score (nSPS) is 12.4. The topological polar surface area (TPSA) is 45.8 Å². The Labute approximate surface area is 149 Å². The van der Waals surface area contributed by atoms with Gasteiger partial charge in [0.05, 0.1) is 10.9 Å². The lowest BCUT2D eigenvalue weighted by atomic mass is 9.92. The van der Waals surface area contributed by atoms with Crippen LogP contribution in [-0.2, 0) is 6.42 Å². The highest BCUT2D eigenvalue weighted by Gasteiger charge is 2.16. The van der Waals surface area contributed by atoms with Crippen molar-refractivity contribution in [1.29, 1.82) is 0 Å². The number of rotatable bonds is 8. The van der Waals surface area contributed by atoms with Gasteiger partial charge in [-0.1, -0.05) is 75.1 Å². The van der Waals surface area contributed by atoms with Crippen LogP contribution in [0, 0.1) is 0 Å².